The van der Waals surface area contributed by atoms with Gasteiger partial charge in [-0.3, -0.25) is 4.31 Å². The molecule has 20 heavy (non-hydrogen) atoms. The largest absolute Gasteiger partial charge is 0.368 e. The highest BCUT2D eigenvalue weighted by Gasteiger charge is 2.23. The van der Waals surface area contributed by atoms with E-state index in [0.29, 0.717) is 5.69 Å². The van der Waals surface area contributed by atoms with Gasteiger partial charge in [-0.05, 0) is 25.5 Å². The summed E-state index contributed by atoms with van der Waals surface area (Å²) in [6, 6.07) is 5.58. The number of hydrogen-bond acceptors (Lipinski definition) is 5. The number of nitrogen functional groups attached to an aromatic ring is 1. The van der Waals surface area contributed by atoms with Gasteiger partial charge in [0.05, 0.1) is 18.1 Å². The Labute approximate surface area is 118 Å². The van der Waals surface area contributed by atoms with E-state index in [9.17, 15) is 8.42 Å². The number of nitrogens with two attached hydrogens (primary N) is 1. The van der Waals surface area contributed by atoms with Gasteiger partial charge >= 0.3 is 0 Å². The molecule has 0 spiro atoms. The summed E-state index contributed by atoms with van der Waals surface area (Å²) in [5, 5.41) is 0. The highest BCUT2D eigenvalue weighted by atomic mass is 32.2. The first-order chi connectivity index (χ1) is 9.32. The van der Waals surface area contributed by atoms with Crippen molar-refractivity contribution >= 4 is 21.7 Å². The standard InChI is InChI=1S/C13H16N4O2S/c1-9-4-5-12(10(2)6-9)17(3)20(18,19)11-7-15-13(14)16-8-11/h4-8H,1-3H3,(H2,14,15,16). The molecule has 2 aromatic rings. The maximum Gasteiger partial charge on any atom is 0.267 e. The summed E-state index contributed by atoms with van der Waals surface area (Å²) in [5.41, 5.74) is 7.94. The fourth-order valence-corrected chi connectivity index (χ4v) is 3.06. The highest BCUT2D eigenvalue weighted by Crippen LogP contribution is 2.25. The predicted octanol–water partition coefficient (Wildman–Crippen LogP) is 1.50. The summed E-state index contributed by atoms with van der Waals surface area (Å²) in [6.45, 7) is 3.83. The third-order valence-corrected chi connectivity index (χ3v) is 4.72. The third kappa shape index (κ3) is 2.57. The number of aromatic nitrogens is 2. The van der Waals surface area contributed by atoms with Crippen molar-refractivity contribution in [3.8, 4) is 0 Å². The van der Waals surface area contributed by atoms with Gasteiger partial charge < -0.3 is 5.73 Å². The fraction of sp³-hybridized carbons (Fsp3) is 0.231. The molecular weight excluding hydrogens is 276 g/mol. The lowest BCUT2D eigenvalue weighted by Crippen LogP contribution is -2.27. The minimum atomic E-state index is -3.69. The first-order valence-corrected chi connectivity index (χ1v) is 7.40. The summed E-state index contributed by atoms with van der Waals surface area (Å²) >= 11 is 0. The molecular formula is C13H16N4O2S. The Bertz CT molecular complexity index is 727. The average Bonchev–Trinajstić information content (AvgIpc) is 2.38. The summed E-state index contributed by atoms with van der Waals surface area (Å²) < 4.78 is 26.2. The molecule has 0 atom stereocenters. The van der Waals surface area contributed by atoms with E-state index in [2.05, 4.69) is 9.97 Å². The molecule has 0 bridgehead atoms. The monoisotopic (exact) mass is 292 g/mol. The molecule has 2 N–H and O–H groups in total. The number of anilines is 2. The number of rotatable bonds is 3. The zero-order chi connectivity index (χ0) is 14.9. The molecule has 7 heteroatoms. The average molecular weight is 292 g/mol. The molecule has 0 radical (unpaired) electrons. The maximum absolute atomic E-state index is 12.5. The van der Waals surface area contributed by atoms with Crippen LogP contribution in [0.15, 0.2) is 35.5 Å². The van der Waals surface area contributed by atoms with Crippen LogP contribution in [0.2, 0.25) is 0 Å². The molecule has 0 amide bonds. The Morgan fingerprint density at radius 3 is 2.30 bits per heavy atom. The van der Waals surface area contributed by atoms with Crippen LogP contribution < -0.4 is 10.0 Å². The Balaban J connectivity index is 2.45. The minimum Gasteiger partial charge on any atom is -0.368 e. The molecule has 106 valence electrons. The Morgan fingerprint density at radius 1 is 1.15 bits per heavy atom. The highest BCUT2D eigenvalue weighted by molar-refractivity contribution is 7.92. The lowest BCUT2D eigenvalue weighted by Gasteiger charge is -2.21. The van der Waals surface area contributed by atoms with E-state index >= 15 is 0 Å². The number of nitrogens with zero attached hydrogens (tertiary/aromatic N) is 3. The maximum atomic E-state index is 12.5. The summed E-state index contributed by atoms with van der Waals surface area (Å²) in [6.07, 6.45) is 2.41. The van der Waals surface area contributed by atoms with Gasteiger partial charge in [0.25, 0.3) is 10.0 Å². The van der Waals surface area contributed by atoms with Gasteiger partial charge in [0.15, 0.2) is 0 Å². The molecule has 0 aliphatic rings. The van der Waals surface area contributed by atoms with Crippen molar-refractivity contribution in [1.29, 1.82) is 0 Å². The second-order valence-electron chi connectivity index (χ2n) is 4.54. The van der Waals surface area contributed by atoms with Crippen LogP contribution in [0, 0.1) is 13.8 Å². The lowest BCUT2D eigenvalue weighted by atomic mass is 10.1. The Kier molecular flexibility index (Phi) is 3.63. The van der Waals surface area contributed by atoms with Crippen molar-refractivity contribution in [3.05, 3.63) is 41.7 Å². The van der Waals surface area contributed by atoms with Gasteiger partial charge in [0, 0.05) is 7.05 Å². The topological polar surface area (TPSA) is 89.2 Å². The number of aryl methyl sites for hydroxylation is 2. The quantitative estimate of drug-likeness (QED) is 0.926. The number of sulfonamides is 1. The van der Waals surface area contributed by atoms with E-state index < -0.39 is 10.0 Å². The first-order valence-electron chi connectivity index (χ1n) is 5.96. The van der Waals surface area contributed by atoms with Gasteiger partial charge in [0.2, 0.25) is 5.95 Å². The van der Waals surface area contributed by atoms with Crippen LogP contribution in [-0.2, 0) is 10.0 Å². The molecule has 1 aromatic heterocycles. The van der Waals surface area contributed by atoms with Crippen LogP contribution in [0.5, 0.6) is 0 Å². The molecule has 1 heterocycles. The molecule has 1 aromatic carbocycles. The zero-order valence-corrected chi connectivity index (χ0v) is 12.3. The van der Waals surface area contributed by atoms with Gasteiger partial charge in [-0.1, -0.05) is 17.7 Å². The van der Waals surface area contributed by atoms with Gasteiger partial charge in [-0.2, -0.15) is 0 Å². The van der Waals surface area contributed by atoms with E-state index in [0.717, 1.165) is 11.1 Å². The molecule has 0 saturated heterocycles. The first kappa shape index (κ1) is 14.3. The van der Waals surface area contributed by atoms with Crippen molar-refractivity contribution in [2.75, 3.05) is 17.1 Å². The molecule has 6 nitrogen and oxygen atoms in total. The van der Waals surface area contributed by atoms with Gasteiger partial charge in [-0.15, -0.1) is 0 Å². The molecule has 0 aliphatic heterocycles. The normalized spacial score (nSPS) is 11.3. The smallest absolute Gasteiger partial charge is 0.267 e. The van der Waals surface area contributed by atoms with E-state index in [-0.39, 0.29) is 10.8 Å². The van der Waals surface area contributed by atoms with Crippen molar-refractivity contribution < 1.29 is 8.42 Å². The summed E-state index contributed by atoms with van der Waals surface area (Å²) in [5.74, 6) is 0.0399. The predicted molar refractivity (Wildman–Crippen MR) is 77.9 cm³/mol. The second kappa shape index (κ2) is 5.09. The fourth-order valence-electron chi connectivity index (χ4n) is 1.91. The van der Waals surface area contributed by atoms with Crippen molar-refractivity contribution in [3.63, 3.8) is 0 Å². The van der Waals surface area contributed by atoms with Crippen molar-refractivity contribution in [1.82, 2.24) is 9.97 Å². The van der Waals surface area contributed by atoms with Crippen LogP contribution in [-0.4, -0.2) is 25.4 Å². The van der Waals surface area contributed by atoms with Crippen LogP contribution in [0.1, 0.15) is 11.1 Å². The molecule has 0 fully saturated rings. The van der Waals surface area contributed by atoms with Crippen LogP contribution in [0.25, 0.3) is 0 Å². The third-order valence-electron chi connectivity index (χ3n) is 3.00. The Morgan fingerprint density at radius 2 is 1.75 bits per heavy atom. The van der Waals surface area contributed by atoms with E-state index in [1.54, 1.807) is 6.07 Å². The zero-order valence-electron chi connectivity index (χ0n) is 11.5. The van der Waals surface area contributed by atoms with Crippen LogP contribution in [0.4, 0.5) is 11.6 Å². The van der Waals surface area contributed by atoms with E-state index in [1.165, 1.54) is 23.7 Å². The second-order valence-corrected chi connectivity index (χ2v) is 6.51. The molecule has 0 aliphatic carbocycles. The summed E-state index contributed by atoms with van der Waals surface area (Å²) in [7, 11) is -2.19. The summed E-state index contributed by atoms with van der Waals surface area (Å²) in [4.78, 5) is 7.45. The van der Waals surface area contributed by atoms with Crippen molar-refractivity contribution in [2.24, 2.45) is 0 Å². The van der Waals surface area contributed by atoms with Crippen LogP contribution in [0.3, 0.4) is 0 Å². The van der Waals surface area contributed by atoms with E-state index in [4.69, 9.17) is 5.73 Å². The van der Waals surface area contributed by atoms with Crippen LogP contribution >= 0.6 is 0 Å². The SMILES string of the molecule is Cc1ccc(N(C)S(=O)(=O)c2cnc(N)nc2)c(C)c1. The Hall–Kier alpha value is -2.15. The van der Waals surface area contributed by atoms with Gasteiger partial charge in [-0.25, -0.2) is 18.4 Å². The van der Waals surface area contributed by atoms with Gasteiger partial charge in [0.1, 0.15) is 4.90 Å². The van der Waals surface area contributed by atoms with Crippen molar-refractivity contribution in [2.45, 2.75) is 18.7 Å². The minimum absolute atomic E-state index is 0.00850. The molecule has 0 unspecified atom stereocenters. The lowest BCUT2D eigenvalue weighted by molar-refractivity contribution is 0.593. The number of hydrogen-bond donors (Lipinski definition) is 1. The number of benzene rings is 1. The molecule has 0 saturated carbocycles. The van der Waals surface area contributed by atoms with E-state index in [1.807, 2.05) is 26.0 Å². The molecule has 2 rings (SSSR count).